The summed E-state index contributed by atoms with van der Waals surface area (Å²) in [6.07, 6.45) is 15.8. The van der Waals surface area contributed by atoms with Crippen LogP contribution in [0.5, 0.6) is 0 Å². The topological polar surface area (TPSA) is 49.4 Å². The molecule has 0 aromatic rings. The third kappa shape index (κ3) is 2.68. The summed E-state index contributed by atoms with van der Waals surface area (Å²) in [5.41, 5.74) is 0.629. The molecule has 0 radical (unpaired) electrons. The Balaban J connectivity index is 1.61. The lowest BCUT2D eigenvalue weighted by atomic mass is 9.68. The van der Waals surface area contributed by atoms with Crippen LogP contribution in [0.3, 0.4) is 0 Å². The van der Waals surface area contributed by atoms with Crippen molar-refractivity contribution in [2.45, 2.75) is 95.6 Å². The molecule has 0 spiro atoms. The number of hydrogen-bond acceptors (Lipinski definition) is 2. The first kappa shape index (κ1) is 16.2. The number of rotatable bonds is 3. The largest absolute Gasteiger partial charge is 0.353 e. The van der Waals surface area contributed by atoms with Crippen molar-refractivity contribution >= 4 is 11.8 Å². The number of carbonyl (C=O) groups excluding carboxylic acids is 2. The number of nitrogens with one attached hydrogen (secondary N) is 1. The third-order valence-electron chi connectivity index (χ3n) is 6.74. The molecule has 1 saturated heterocycles. The highest BCUT2D eigenvalue weighted by Gasteiger charge is 2.51. The average molecular weight is 330 g/mol. The van der Waals surface area contributed by atoms with Gasteiger partial charge >= 0.3 is 0 Å². The Bertz CT molecular complexity index is 544. The van der Waals surface area contributed by atoms with Crippen molar-refractivity contribution in [3.05, 3.63) is 11.8 Å². The first-order valence-corrected chi connectivity index (χ1v) is 10.0. The van der Waals surface area contributed by atoms with Gasteiger partial charge in [0.05, 0.1) is 5.41 Å². The molecule has 1 aliphatic heterocycles. The van der Waals surface area contributed by atoms with Crippen LogP contribution >= 0.6 is 0 Å². The van der Waals surface area contributed by atoms with Gasteiger partial charge in [-0.1, -0.05) is 31.8 Å². The highest BCUT2D eigenvalue weighted by atomic mass is 16.2. The molecule has 1 atom stereocenters. The second kappa shape index (κ2) is 6.53. The maximum atomic E-state index is 13.3. The summed E-state index contributed by atoms with van der Waals surface area (Å²) in [5, 5.41) is 3.35. The SMILES string of the molecule is O=C1CCC2(C(=O)NC3CCCC3)CCCC=C2N1C1CCCC1. The summed E-state index contributed by atoms with van der Waals surface area (Å²) < 4.78 is 0. The minimum atomic E-state index is -0.433. The second-order valence-corrected chi connectivity index (χ2v) is 8.22. The number of nitrogens with zero attached hydrogens (tertiary/aromatic N) is 1. The van der Waals surface area contributed by atoms with E-state index in [-0.39, 0.29) is 11.8 Å². The van der Waals surface area contributed by atoms with E-state index in [4.69, 9.17) is 0 Å². The molecule has 3 aliphatic carbocycles. The maximum absolute atomic E-state index is 13.3. The van der Waals surface area contributed by atoms with Crippen molar-refractivity contribution in [1.82, 2.24) is 10.2 Å². The predicted octanol–water partition coefficient (Wildman–Crippen LogP) is 3.66. The van der Waals surface area contributed by atoms with E-state index in [9.17, 15) is 9.59 Å². The van der Waals surface area contributed by atoms with E-state index < -0.39 is 5.41 Å². The molecule has 2 amide bonds. The summed E-state index contributed by atoms with van der Waals surface area (Å²) in [7, 11) is 0. The number of carbonyl (C=O) groups is 2. The van der Waals surface area contributed by atoms with Gasteiger partial charge in [0.1, 0.15) is 0 Å². The van der Waals surface area contributed by atoms with Gasteiger partial charge in [-0.15, -0.1) is 0 Å². The summed E-state index contributed by atoms with van der Waals surface area (Å²) in [5.74, 6) is 0.454. The zero-order valence-corrected chi connectivity index (χ0v) is 14.7. The fourth-order valence-corrected chi connectivity index (χ4v) is 5.42. The minimum absolute atomic E-state index is 0.204. The Hall–Kier alpha value is -1.32. The van der Waals surface area contributed by atoms with Crippen LogP contribution in [-0.2, 0) is 9.59 Å². The van der Waals surface area contributed by atoms with Crippen molar-refractivity contribution in [2.24, 2.45) is 5.41 Å². The van der Waals surface area contributed by atoms with Crippen molar-refractivity contribution in [1.29, 1.82) is 0 Å². The Morgan fingerprint density at radius 1 is 1.04 bits per heavy atom. The molecule has 2 saturated carbocycles. The Kier molecular flexibility index (Phi) is 4.40. The average Bonchev–Trinajstić information content (AvgIpc) is 3.28. The molecule has 1 heterocycles. The molecule has 3 fully saturated rings. The quantitative estimate of drug-likeness (QED) is 0.858. The van der Waals surface area contributed by atoms with Gasteiger partial charge < -0.3 is 10.2 Å². The van der Waals surface area contributed by atoms with E-state index in [2.05, 4.69) is 16.3 Å². The Morgan fingerprint density at radius 2 is 1.75 bits per heavy atom. The Labute approximate surface area is 145 Å². The number of likely N-dealkylation sites (tertiary alicyclic amines) is 1. The van der Waals surface area contributed by atoms with Gasteiger partial charge in [-0.05, 0) is 51.4 Å². The van der Waals surface area contributed by atoms with E-state index in [1.807, 2.05) is 0 Å². The number of allylic oxidation sites excluding steroid dienone is 1. The molecule has 4 nitrogen and oxygen atoms in total. The molecule has 4 rings (SSSR count). The second-order valence-electron chi connectivity index (χ2n) is 8.22. The van der Waals surface area contributed by atoms with Crippen LogP contribution in [0, 0.1) is 5.41 Å². The zero-order valence-electron chi connectivity index (χ0n) is 14.7. The molecule has 1 unspecified atom stereocenters. The van der Waals surface area contributed by atoms with Gasteiger partial charge in [0, 0.05) is 24.2 Å². The van der Waals surface area contributed by atoms with E-state index in [0.29, 0.717) is 24.9 Å². The standard InChI is InChI=1S/C20H30N2O2/c23-18-12-14-20(19(24)21-15-7-1-2-8-15)13-6-5-11-17(20)22(18)16-9-3-4-10-16/h11,15-16H,1-10,12-14H2,(H,21,24). The van der Waals surface area contributed by atoms with E-state index in [1.54, 1.807) is 0 Å². The van der Waals surface area contributed by atoms with Crippen LogP contribution in [0.25, 0.3) is 0 Å². The molecule has 4 aliphatic rings. The van der Waals surface area contributed by atoms with Gasteiger partial charge in [0.25, 0.3) is 0 Å². The summed E-state index contributed by atoms with van der Waals surface area (Å²) in [6, 6.07) is 0.688. The highest BCUT2D eigenvalue weighted by Crippen LogP contribution is 2.49. The summed E-state index contributed by atoms with van der Waals surface area (Å²) >= 11 is 0. The monoisotopic (exact) mass is 330 g/mol. The summed E-state index contributed by atoms with van der Waals surface area (Å²) in [6.45, 7) is 0. The van der Waals surface area contributed by atoms with Gasteiger partial charge in [0.2, 0.25) is 11.8 Å². The lowest BCUT2D eigenvalue weighted by molar-refractivity contribution is -0.142. The maximum Gasteiger partial charge on any atom is 0.232 e. The van der Waals surface area contributed by atoms with Crippen LogP contribution in [0.4, 0.5) is 0 Å². The van der Waals surface area contributed by atoms with Crippen LogP contribution in [0.15, 0.2) is 11.8 Å². The third-order valence-corrected chi connectivity index (χ3v) is 6.74. The van der Waals surface area contributed by atoms with Crippen molar-refractivity contribution in [3.8, 4) is 0 Å². The normalized spacial score (nSPS) is 31.9. The summed E-state index contributed by atoms with van der Waals surface area (Å²) in [4.78, 5) is 28.0. The number of amides is 2. The van der Waals surface area contributed by atoms with Crippen LogP contribution in [0.2, 0.25) is 0 Å². The smallest absolute Gasteiger partial charge is 0.232 e. The van der Waals surface area contributed by atoms with Gasteiger partial charge in [-0.2, -0.15) is 0 Å². The highest BCUT2D eigenvalue weighted by molar-refractivity contribution is 5.91. The van der Waals surface area contributed by atoms with Crippen LogP contribution in [0.1, 0.15) is 83.5 Å². The van der Waals surface area contributed by atoms with Crippen LogP contribution < -0.4 is 5.32 Å². The molecule has 1 N–H and O–H groups in total. The molecule has 4 heteroatoms. The van der Waals surface area contributed by atoms with Crippen molar-refractivity contribution in [3.63, 3.8) is 0 Å². The number of piperidine rings is 1. The molecule has 0 aromatic carbocycles. The van der Waals surface area contributed by atoms with Crippen molar-refractivity contribution < 1.29 is 9.59 Å². The molecular weight excluding hydrogens is 300 g/mol. The first-order chi connectivity index (χ1) is 11.7. The van der Waals surface area contributed by atoms with E-state index >= 15 is 0 Å². The minimum Gasteiger partial charge on any atom is -0.353 e. The lowest BCUT2D eigenvalue weighted by Gasteiger charge is -2.48. The van der Waals surface area contributed by atoms with Crippen molar-refractivity contribution in [2.75, 3.05) is 0 Å². The van der Waals surface area contributed by atoms with Gasteiger partial charge in [-0.25, -0.2) is 0 Å². The van der Waals surface area contributed by atoms with Gasteiger partial charge in [0.15, 0.2) is 0 Å². The lowest BCUT2D eigenvalue weighted by Crippen LogP contribution is -2.56. The van der Waals surface area contributed by atoms with E-state index in [0.717, 1.165) is 50.6 Å². The fraction of sp³-hybridized carbons (Fsp3) is 0.800. The zero-order chi connectivity index (χ0) is 16.6. The molecule has 132 valence electrons. The number of fused-ring (bicyclic) bond motifs is 1. The Morgan fingerprint density at radius 3 is 2.50 bits per heavy atom. The first-order valence-electron chi connectivity index (χ1n) is 10.0. The number of hydrogen-bond donors (Lipinski definition) is 1. The van der Waals surface area contributed by atoms with Crippen LogP contribution in [-0.4, -0.2) is 28.8 Å². The van der Waals surface area contributed by atoms with Gasteiger partial charge in [-0.3, -0.25) is 9.59 Å². The molecular formula is C20H30N2O2. The fourth-order valence-electron chi connectivity index (χ4n) is 5.42. The molecule has 24 heavy (non-hydrogen) atoms. The molecule has 0 bridgehead atoms. The molecule has 0 aromatic heterocycles. The predicted molar refractivity (Wildman–Crippen MR) is 93.1 cm³/mol. The van der Waals surface area contributed by atoms with E-state index in [1.165, 1.54) is 25.7 Å².